The van der Waals surface area contributed by atoms with Crippen molar-refractivity contribution in [3.63, 3.8) is 0 Å². The molecule has 0 atom stereocenters. The minimum atomic E-state index is -3.88. The first-order valence-corrected chi connectivity index (χ1v) is 8.34. The third kappa shape index (κ3) is 3.95. The van der Waals surface area contributed by atoms with Gasteiger partial charge in [0.1, 0.15) is 11.3 Å². The van der Waals surface area contributed by atoms with Crippen LogP contribution < -0.4 is 9.88 Å². The molecule has 0 spiro atoms. The lowest BCUT2D eigenvalue weighted by Gasteiger charge is -2.12. The molecule has 0 unspecified atom stereocenters. The van der Waals surface area contributed by atoms with Crippen molar-refractivity contribution in [2.24, 2.45) is 11.1 Å². The third-order valence-corrected chi connectivity index (χ3v) is 4.56. The molecule has 1 aliphatic carbocycles. The van der Waals surface area contributed by atoms with Crippen LogP contribution >= 0.6 is 0 Å². The molecule has 1 aromatic rings. The Bertz CT molecular complexity index is 620. The van der Waals surface area contributed by atoms with Crippen LogP contribution in [-0.4, -0.2) is 28.1 Å². The van der Waals surface area contributed by atoms with E-state index in [9.17, 15) is 13.2 Å². The molecule has 0 bridgehead atoms. The summed E-state index contributed by atoms with van der Waals surface area (Å²) in [4.78, 5) is 12.0. The van der Waals surface area contributed by atoms with E-state index in [-0.39, 0.29) is 16.2 Å². The van der Waals surface area contributed by atoms with Crippen LogP contribution in [0.25, 0.3) is 0 Å². The van der Waals surface area contributed by atoms with Crippen molar-refractivity contribution in [1.29, 1.82) is 0 Å². The molecule has 21 heavy (non-hydrogen) atoms. The SMILES string of the molecule is COc1ccc(S(N)(=O)=O)cc1C(=O)OCC1CCCC1. The van der Waals surface area contributed by atoms with E-state index >= 15 is 0 Å². The summed E-state index contributed by atoms with van der Waals surface area (Å²) in [6.07, 6.45) is 4.43. The van der Waals surface area contributed by atoms with E-state index in [2.05, 4.69) is 0 Å². The van der Waals surface area contributed by atoms with Crippen molar-refractivity contribution >= 4 is 16.0 Å². The molecule has 0 aliphatic heterocycles. The molecule has 0 amide bonds. The number of carbonyl (C=O) groups is 1. The molecule has 2 N–H and O–H groups in total. The number of nitrogens with two attached hydrogens (primary N) is 1. The third-order valence-electron chi connectivity index (χ3n) is 3.64. The number of rotatable bonds is 5. The minimum Gasteiger partial charge on any atom is -0.496 e. The van der Waals surface area contributed by atoms with Gasteiger partial charge in [-0.05, 0) is 37.0 Å². The smallest absolute Gasteiger partial charge is 0.341 e. The molecule has 1 saturated carbocycles. The lowest BCUT2D eigenvalue weighted by molar-refractivity contribution is 0.0438. The molecular formula is C14H19NO5S. The molecule has 0 radical (unpaired) electrons. The molecule has 6 nitrogen and oxygen atoms in total. The van der Waals surface area contributed by atoms with Crippen molar-refractivity contribution in [3.8, 4) is 5.75 Å². The van der Waals surface area contributed by atoms with Crippen LogP contribution in [0.3, 0.4) is 0 Å². The van der Waals surface area contributed by atoms with Crippen molar-refractivity contribution in [2.75, 3.05) is 13.7 Å². The zero-order valence-electron chi connectivity index (χ0n) is 11.9. The number of methoxy groups -OCH3 is 1. The molecular weight excluding hydrogens is 294 g/mol. The molecule has 1 fully saturated rings. The van der Waals surface area contributed by atoms with Gasteiger partial charge >= 0.3 is 5.97 Å². The quantitative estimate of drug-likeness (QED) is 0.835. The lowest BCUT2D eigenvalue weighted by atomic mass is 10.1. The van der Waals surface area contributed by atoms with E-state index in [1.165, 1.54) is 25.3 Å². The maximum Gasteiger partial charge on any atom is 0.341 e. The monoisotopic (exact) mass is 313 g/mol. The van der Waals surface area contributed by atoms with Gasteiger partial charge in [-0.15, -0.1) is 0 Å². The van der Waals surface area contributed by atoms with Gasteiger partial charge in [0.15, 0.2) is 0 Å². The second-order valence-electron chi connectivity index (χ2n) is 5.16. The number of primary sulfonamides is 1. The predicted octanol–water partition coefficient (Wildman–Crippen LogP) is 1.69. The minimum absolute atomic E-state index is 0.0713. The highest BCUT2D eigenvalue weighted by Gasteiger charge is 2.21. The largest absolute Gasteiger partial charge is 0.496 e. The van der Waals surface area contributed by atoms with E-state index in [0.717, 1.165) is 25.7 Å². The highest BCUT2D eigenvalue weighted by Crippen LogP contribution is 2.26. The maximum absolute atomic E-state index is 12.1. The van der Waals surface area contributed by atoms with Crippen LogP contribution in [0.2, 0.25) is 0 Å². The Labute approximate surface area is 124 Å². The summed E-state index contributed by atoms with van der Waals surface area (Å²) in [5.41, 5.74) is 0.0713. The number of benzene rings is 1. The summed E-state index contributed by atoms with van der Waals surface area (Å²) in [6.45, 7) is 0.349. The number of ether oxygens (including phenoxy) is 2. The Balaban J connectivity index is 2.17. The van der Waals surface area contributed by atoms with Gasteiger partial charge in [0.05, 0.1) is 18.6 Å². The van der Waals surface area contributed by atoms with Gasteiger partial charge in [-0.25, -0.2) is 18.4 Å². The van der Waals surface area contributed by atoms with Gasteiger partial charge in [-0.1, -0.05) is 12.8 Å². The van der Waals surface area contributed by atoms with Crippen LogP contribution in [0, 0.1) is 5.92 Å². The standard InChI is InChI=1S/C14H19NO5S/c1-19-13-7-6-11(21(15,17)18)8-12(13)14(16)20-9-10-4-2-3-5-10/h6-8,10H,2-5,9H2,1H3,(H2,15,17,18). The average Bonchev–Trinajstić information content (AvgIpc) is 2.96. The van der Waals surface area contributed by atoms with E-state index in [1.807, 2.05) is 0 Å². The Morgan fingerprint density at radius 3 is 2.57 bits per heavy atom. The first-order chi connectivity index (χ1) is 9.91. The van der Waals surface area contributed by atoms with Crippen molar-refractivity contribution in [1.82, 2.24) is 0 Å². The predicted molar refractivity (Wildman–Crippen MR) is 76.6 cm³/mol. The van der Waals surface area contributed by atoms with Crippen LogP contribution in [0.5, 0.6) is 5.75 Å². The second-order valence-corrected chi connectivity index (χ2v) is 6.72. The van der Waals surface area contributed by atoms with Crippen molar-refractivity contribution in [2.45, 2.75) is 30.6 Å². The van der Waals surface area contributed by atoms with Gasteiger partial charge in [0, 0.05) is 0 Å². The van der Waals surface area contributed by atoms with E-state index in [0.29, 0.717) is 12.5 Å². The fourth-order valence-corrected chi connectivity index (χ4v) is 3.01. The molecule has 1 aromatic carbocycles. The normalized spacial score (nSPS) is 15.9. The topological polar surface area (TPSA) is 95.7 Å². The molecule has 0 saturated heterocycles. The van der Waals surface area contributed by atoms with Gasteiger partial charge in [0.25, 0.3) is 0 Å². The van der Waals surface area contributed by atoms with E-state index in [4.69, 9.17) is 14.6 Å². The summed E-state index contributed by atoms with van der Waals surface area (Å²) in [6, 6.07) is 3.87. The van der Waals surface area contributed by atoms with Gasteiger partial charge in [-0.2, -0.15) is 0 Å². The first-order valence-electron chi connectivity index (χ1n) is 6.80. The number of sulfonamides is 1. The Morgan fingerprint density at radius 1 is 1.33 bits per heavy atom. The van der Waals surface area contributed by atoms with Crippen molar-refractivity contribution < 1.29 is 22.7 Å². The Hall–Kier alpha value is -1.60. The Kier molecular flexibility index (Phi) is 4.84. The summed E-state index contributed by atoms with van der Waals surface area (Å²) in [5, 5.41) is 5.07. The highest BCUT2D eigenvalue weighted by atomic mass is 32.2. The average molecular weight is 313 g/mol. The van der Waals surface area contributed by atoms with Crippen LogP contribution in [0.15, 0.2) is 23.1 Å². The highest BCUT2D eigenvalue weighted by molar-refractivity contribution is 7.89. The number of hydrogen-bond donors (Lipinski definition) is 1. The van der Waals surface area contributed by atoms with Gasteiger partial charge < -0.3 is 9.47 Å². The zero-order chi connectivity index (χ0) is 15.5. The molecule has 2 rings (SSSR count). The molecule has 7 heteroatoms. The van der Waals surface area contributed by atoms with E-state index < -0.39 is 16.0 Å². The molecule has 116 valence electrons. The molecule has 0 heterocycles. The summed E-state index contributed by atoms with van der Waals surface area (Å²) in [7, 11) is -2.48. The number of carbonyl (C=O) groups excluding carboxylic acids is 1. The van der Waals surface area contributed by atoms with Gasteiger partial charge in [-0.3, -0.25) is 0 Å². The van der Waals surface area contributed by atoms with Crippen LogP contribution in [0.4, 0.5) is 0 Å². The van der Waals surface area contributed by atoms with Gasteiger partial charge in [0.2, 0.25) is 10.0 Å². The summed E-state index contributed by atoms with van der Waals surface area (Å²) in [5.74, 6) is 0.0597. The summed E-state index contributed by atoms with van der Waals surface area (Å²) < 4.78 is 33.1. The van der Waals surface area contributed by atoms with Crippen molar-refractivity contribution in [3.05, 3.63) is 23.8 Å². The Morgan fingerprint density at radius 2 is 2.00 bits per heavy atom. The molecule has 1 aliphatic rings. The molecule has 0 aromatic heterocycles. The number of esters is 1. The lowest BCUT2D eigenvalue weighted by Crippen LogP contribution is -2.16. The second kappa shape index (κ2) is 6.44. The number of hydrogen-bond acceptors (Lipinski definition) is 5. The maximum atomic E-state index is 12.1. The zero-order valence-corrected chi connectivity index (χ0v) is 12.7. The summed E-state index contributed by atoms with van der Waals surface area (Å²) >= 11 is 0. The van der Waals surface area contributed by atoms with Crippen LogP contribution in [0.1, 0.15) is 36.0 Å². The van der Waals surface area contributed by atoms with E-state index in [1.54, 1.807) is 0 Å². The van der Waals surface area contributed by atoms with Crippen LogP contribution in [-0.2, 0) is 14.8 Å². The first kappa shape index (κ1) is 15.8. The fraction of sp³-hybridized carbons (Fsp3) is 0.500. The fourth-order valence-electron chi connectivity index (χ4n) is 2.47.